The number of hydrogen-bond donors (Lipinski definition) is 2. The van der Waals surface area contributed by atoms with Gasteiger partial charge in [-0.3, -0.25) is 4.99 Å². The Bertz CT molecular complexity index is 355. The molecular formula is C11H14ClN3. The van der Waals surface area contributed by atoms with Gasteiger partial charge in [0.05, 0.1) is 6.04 Å². The fourth-order valence-corrected chi connectivity index (χ4v) is 1.48. The van der Waals surface area contributed by atoms with Crippen molar-refractivity contribution < 1.29 is 0 Å². The second-order valence-corrected chi connectivity index (χ2v) is 4.19. The molecular weight excluding hydrogens is 210 g/mol. The van der Waals surface area contributed by atoms with Crippen molar-refractivity contribution in [1.82, 2.24) is 5.43 Å². The normalized spacial score (nSPS) is 16.5. The molecule has 1 aromatic rings. The lowest BCUT2D eigenvalue weighted by atomic mass is 10.1. The zero-order valence-electron chi connectivity index (χ0n) is 8.41. The number of nitrogens with zero attached hydrogens (tertiary/aromatic N) is 1. The molecule has 1 fully saturated rings. The summed E-state index contributed by atoms with van der Waals surface area (Å²) >= 11 is 5.81. The number of nitrogens with one attached hydrogen (secondary N) is 1. The van der Waals surface area contributed by atoms with E-state index in [4.69, 9.17) is 17.4 Å². The van der Waals surface area contributed by atoms with Crippen LogP contribution < -0.4 is 11.3 Å². The van der Waals surface area contributed by atoms with Crippen LogP contribution in [0, 0.1) is 0 Å². The van der Waals surface area contributed by atoms with E-state index in [1.165, 1.54) is 12.8 Å². The van der Waals surface area contributed by atoms with Crippen molar-refractivity contribution in [3.05, 3.63) is 34.9 Å². The van der Waals surface area contributed by atoms with Crippen LogP contribution in [0.5, 0.6) is 0 Å². The van der Waals surface area contributed by atoms with Gasteiger partial charge in [-0.1, -0.05) is 23.7 Å². The van der Waals surface area contributed by atoms with Gasteiger partial charge in [0.15, 0.2) is 0 Å². The highest BCUT2D eigenvalue weighted by molar-refractivity contribution is 6.30. The molecule has 2 rings (SSSR count). The lowest BCUT2D eigenvalue weighted by molar-refractivity contribution is 0.940. The number of benzene rings is 1. The van der Waals surface area contributed by atoms with E-state index in [1.54, 1.807) is 0 Å². The third-order valence-corrected chi connectivity index (χ3v) is 2.59. The second kappa shape index (κ2) is 4.64. The molecule has 0 saturated heterocycles. The van der Waals surface area contributed by atoms with Crippen molar-refractivity contribution in [2.75, 3.05) is 0 Å². The van der Waals surface area contributed by atoms with E-state index in [9.17, 15) is 0 Å². The van der Waals surface area contributed by atoms with Gasteiger partial charge >= 0.3 is 0 Å². The maximum atomic E-state index is 5.81. The summed E-state index contributed by atoms with van der Waals surface area (Å²) in [5, 5.41) is 0.750. The number of aliphatic imine (C=N–C) groups is 1. The fraction of sp³-hybridized carbons (Fsp3) is 0.364. The number of halogens is 1. The van der Waals surface area contributed by atoms with Gasteiger partial charge in [0.1, 0.15) is 5.84 Å². The van der Waals surface area contributed by atoms with Crippen molar-refractivity contribution >= 4 is 17.4 Å². The Morgan fingerprint density at radius 2 is 2.07 bits per heavy atom. The summed E-state index contributed by atoms with van der Waals surface area (Å²) in [5.41, 5.74) is 3.82. The van der Waals surface area contributed by atoms with Crippen LogP contribution in [-0.2, 0) is 6.42 Å². The first-order chi connectivity index (χ1) is 7.28. The first-order valence-corrected chi connectivity index (χ1v) is 5.43. The predicted octanol–water partition coefficient (Wildman–Crippen LogP) is 1.91. The second-order valence-electron chi connectivity index (χ2n) is 3.75. The van der Waals surface area contributed by atoms with E-state index >= 15 is 0 Å². The maximum absolute atomic E-state index is 5.81. The van der Waals surface area contributed by atoms with Crippen LogP contribution in [0.25, 0.3) is 0 Å². The molecule has 1 saturated carbocycles. The Kier molecular flexibility index (Phi) is 3.23. The van der Waals surface area contributed by atoms with Crippen molar-refractivity contribution in [2.45, 2.75) is 25.3 Å². The minimum absolute atomic E-state index is 0.489. The summed E-state index contributed by atoms with van der Waals surface area (Å²) in [4.78, 5) is 4.47. The molecule has 1 aromatic carbocycles. The molecule has 0 heterocycles. The predicted molar refractivity (Wildman–Crippen MR) is 62.9 cm³/mol. The van der Waals surface area contributed by atoms with E-state index in [0.717, 1.165) is 22.8 Å². The summed E-state index contributed by atoms with van der Waals surface area (Å²) < 4.78 is 0. The highest BCUT2D eigenvalue weighted by Gasteiger charge is 2.20. The largest absolute Gasteiger partial charge is 0.312 e. The van der Waals surface area contributed by atoms with Crippen LogP contribution in [0.4, 0.5) is 0 Å². The van der Waals surface area contributed by atoms with Gasteiger partial charge < -0.3 is 5.43 Å². The molecule has 80 valence electrons. The van der Waals surface area contributed by atoms with Crippen LogP contribution in [0.1, 0.15) is 18.4 Å². The molecule has 15 heavy (non-hydrogen) atoms. The minimum atomic E-state index is 0.489. The molecule has 0 unspecified atom stereocenters. The molecule has 0 atom stereocenters. The lowest BCUT2D eigenvalue weighted by Crippen LogP contribution is -2.32. The minimum Gasteiger partial charge on any atom is -0.312 e. The highest BCUT2D eigenvalue weighted by Crippen LogP contribution is 2.23. The molecule has 0 radical (unpaired) electrons. The van der Waals surface area contributed by atoms with E-state index in [2.05, 4.69) is 10.4 Å². The lowest BCUT2D eigenvalue weighted by Gasteiger charge is -2.05. The summed E-state index contributed by atoms with van der Waals surface area (Å²) in [7, 11) is 0. The number of hydrazine groups is 1. The third kappa shape index (κ3) is 3.22. The molecule has 0 aliphatic heterocycles. The first-order valence-electron chi connectivity index (χ1n) is 5.05. The van der Waals surface area contributed by atoms with E-state index < -0.39 is 0 Å². The molecule has 3 nitrogen and oxygen atoms in total. The summed E-state index contributed by atoms with van der Waals surface area (Å²) in [6, 6.07) is 8.22. The molecule has 0 bridgehead atoms. The van der Waals surface area contributed by atoms with Gasteiger partial charge in [-0.25, -0.2) is 5.84 Å². The standard InChI is InChI=1S/C11H14ClN3/c12-9-3-1-8(2-4-9)7-11(15-13)14-10-5-6-10/h1-4,10H,5-7,13H2,(H,14,15). The summed E-state index contributed by atoms with van der Waals surface area (Å²) in [5.74, 6) is 6.27. The van der Waals surface area contributed by atoms with Gasteiger partial charge in [-0.2, -0.15) is 0 Å². The Morgan fingerprint density at radius 3 is 2.60 bits per heavy atom. The Hall–Kier alpha value is -1.06. The van der Waals surface area contributed by atoms with Gasteiger partial charge in [0, 0.05) is 11.4 Å². The molecule has 1 aliphatic rings. The Morgan fingerprint density at radius 1 is 1.40 bits per heavy atom. The van der Waals surface area contributed by atoms with Crippen LogP contribution in [0.2, 0.25) is 5.02 Å². The zero-order chi connectivity index (χ0) is 10.7. The van der Waals surface area contributed by atoms with E-state index in [-0.39, 0.29) is 0 Å². The Balaban J connectivity index is 2.02. The van der Waals surface area contributed by atoms with Crippen molar-refractivity contribution in [2.24, 2.45) is 10.8 Å². The maximum Gasteiger partial charge on any atom is 0.115 e. The van der Waals surface area contributed by atoms with Crippen LogP contribution in [0.3, 0.4) is 0 Å². The quantitative estimate of drug-likeness (QED) is 0.356. The molecule has 0 spiro atoms. The zero-order valence-corrected chi connectivity index (χ0v) is 9.17. The molecule has 1 aliphatic carbocycles. The van der Waals surface area contributed by atoms with Crippen LogP contribution in [-0.4, -0.2) is 11.9 Å². The number of amidine groups is 1. The van der Waals surface area contributed by atoms with Gasteiger partial charge in [-0.05, 0) is 30.5 Å². The van der Waals surface area contributed by atoms with E-state index in [1.807, 2.05) is 24.3 Å². The van der Waals surface area contributed by atoms with Gasteiger partial charge in [-0.15, -0.1) is 0 Å². The topological polar surface area (TPSA) is 50.4 Å². The van der Waals surface area contributed by atoms with E-state index in [0.29, 0.717) is 6.04 Å². The van der Waals surface area contributed by atoms with Gasteiger partial charge in [0.2, 0.25) is 0 Å². The third-order valence-electron chi connectivity index (χ3n) is 2.34. The van der Waals surface area contributed by atoms with Crippen LogP contribution >= 0.6 is 11.6 Å². The summed E-state index contributed by atoms with van der Waals surface area (Å²) in [6.45, 7) is 0. The average molecular weight is 224 g/mol. The number of nitrogens with two attached hydrogens (primary N) is 1. The van der Waals surface area contributed by atoms with Crippen molar-refractivity contribution in [1.29, 1.82) is 0 Å². The number of rotatable bonds is 3. The molecule has 0 amide bonds. The Labute approximate surface area is 94.3 Å². The summed E-state index contributed by atoms with van der Waals surface area (Å²) in [6.07, 6.45) is 3.11. The molecule has 3 N–H and O–H groups in total. The van der Waals surface area contributed by atoms with Crippen molar-refractivity contribution in [3.63, 3.8) is 0 Å². The first kappa shape index (κ1) is 10.5. The fourth-order valence-electron chi connectivity index (χ4n) is 1.35. The average Bonchev–Trinajstić information content (AvgIpc) is 3.04. The SMILES string of the molecule is NNC(Cc1ccc(Cl)cc1)=NC1CC1. The highest BCUT2D eigenvalue weighted by atomic mass is 35.5. The van der Waals surface area contributed by atoms with Crippen molar-refractivity contribution in [3.8, 4) is 0 Å². The smallest absolute Gasteiger partial charge is 0.115 e. The van der Waals surface area contributed by atoms with Gasteiger partial charge in [0.25, 0.3) is 0 Å². The molecule has 4 heteroatoms. The molecule has 0 aromatic heterocycles. The number of hydrogen-bond acceptors (Lipinski definition) is 2. The van der Waals surface area contributed by atoms with Crippen LogP contribution in [0.15, 0.2) is 29.3 Å². The monoisotopic (exact) mass is 223 g/mol.